The van der Waals surface area contributed by atoms with Crippen LogP contribution in [0.3, 0.4) is 0 Å². The molecule has 4 rings (SSSR count). The maximum Gasteiger partial charge on any atom is 0.257 e. The lowest BCUT2D eigenvalue weighted by Gasteiger charge is -2.42. The van der Waals surface area contributed by atoms with Gasteiger partial charge in [-0.15, -0.1) is 0 Å². The third kappa shape index (κ3) is 3.27. The van der Waals surface area contributed by atoms with Gasteiger partial charge in [0, 0.05) is 44.2 Å². The van der Waals surface area contributed by atoms with E-state index in [2.05, 4.69) is 20.1 Å². The van der Waals surface area contributed by atoms with Crippen molar-refractivity contribution in [3.05, 3.63) is 47.7 Å². The number of fused-ring (bicyclic) bond motifs is 1. The van der Waals surface area contributed by atoms with Gasteiger partial charge in [0.05, 0.1) is 42.4 Å². The van der Waals surface area contributed by atoms with Crippen molar-refractivity contribution in [2.75, 3.05) is 33.8 Å². The van der Waals surface area contributed by atoms with Gasteiger partial charge in [-0.1, -0.05) is 0 Å². The number of amides is 1. The van der Waals surface area contributed by atoms with Gasteiger partial charge in [0.25, 0.3) is 5.91 Å². The first-order valence-corrected chi connectivity index (χ1v) is 9.31. The molecule has 1 saturated heterocycles. The molecule has 0 aliphatic carbocycles. The van der Waals surface area contributed by atoms with Gasteiger partial charge in [0.2, 0.25) is 0 Å². The molecule has 0 saturated carbocycles. The number of rotatable bonds is 4. The molecule has 0 spiro atoms. The Labute approximate surface area is 163 Å². The molecule has 148 valence electrons. The molecule has 0 aromatic carbocycles. The first-order valence-electron chi connectivity index (χ1n) is 9.31. The van der Waals surface area contributed by atoms with Crippen LogP contribution in [-0.4, -0.2) is 80.0 Å². The number of likely N-dealkylation sites (N-methyl/N-ethyl adjacent to an activating group) is 1. The van der Waals surface area contributed by atoms with Crippen LogP contribution in [0.2, 0.25) is 0 Å². The number of carbonyl (C=O) groups excluding carboxylic acids is 1. The van der Waals surface area contributed by atoms with Gasteiger partial charge < -0.3 is 14.5 Å². The molecule has 1 fully saturated rings. The van der Waals surface area contributed by atoms with E-state index < -0.39 is 0 Å². The quantitative estimate of drug-likeness (QED) is 0.666. The minimum Gasteiger partial charge on any atom is -0.373 e. The molecular weight excluding hydrogens is 358 g/mol. The fraction of sp³-hybridized carbons (Fsp3) is 0.474. The van der Waals surface area contributed by atoms with Crippen molar-refractivity contribution in [2.24, 2.45) is 7.05 Å². The van der Waals surface area contributed by atoms with Crippen molar-refractivity contribution in [3.8, 4) is 0 Å². The van der Waals surface area contributed by atoms with Crippen molar-refractivity contribution in [3.63, 3.8) is 0 Å². The van der Waals surface area contributed by atoms with Gasteiger partial charge in [-0.3, -0.25) is 9.48 Å². The number of morpholine rings is 1. The van der Waals surface area contributed by atoms with Crippen molar-refractivity contribution in [1.82, 2.24) is 34.2 Å². The zero-order valence-corrected chi connectivity index (χ0v) is 16.6. The maximum absolute atomic E-state index is 13.6. The SMILES string of the molecule is Cc1c(C(=O)N2CCO[C@@H](CN(C)C)[C@@H]2c2cnn(C)c2)cnc2ccnn12. The molecule has 0 N–H and O–H groups in total. The molecule has 9 nitrogen and oxygen atoms in total. The summed E-state index contributed by atoms with van der Waals surface area (Å²) in [4.78, 5) is 21.9. The molecule has 1 aliphatic rings. The fourth-order valence-corrected chi connectivity index (χ4v) is 3.82. The van der Waals surface area contributed by atoms with Crippen molar-refractivity contribution in [1.29, 1.82) is 0 Å². The topological polar surface area (TPSA) is 80.8 Å². The molecule has 3 aromatic rings. The van der Waals surface area contributed by atoms with E-state index in [1.54, 1.807) is 21.6 Å². The van der Waals surface area contributed by atoms with Crippen LogP contribution in [0.4, 0.5) is 0 Å². The summed E-state index contributed by atoms with van der Waals surface area (Å²) in [6, 6.07) is 1.60. The van der Waals surface area contributed by atoms with Crippen molar-refractivity contribution < 1.29 is 9.53 Å². The molecule has 0 bridgehead atoms. The third-order valence-corrected chi connectivity index (χ3v) is 5.11. The van der Waals surface area contributed by atoms with Crippen LogP contribution in [0.15, 0.2) is 30.9 Å². The highest BCUT2D eigenvalue weighted by molar-refractivity contribution is 5.95. The van der Waals surface area contributed by atoms with Gasteiger partial charge in [-0.2, -0.15) is 10.2 Å². The van der Waals surface area contributed by atoms with Gasteiger partial charge in [-0.25, -0.2) is 9.50 Å². The second-order valence-corrected chi connectivity index (χ2v) is 7.42. The first-order chi connectivity index (χ1) is 13.5. The lowest BCUT2D eigenvalue weighted by Crippen LogP contribution is -2.51. The summed E-state index contributed by atoms with van der Waals surface area (Å²) in [5.74, 6) is -0.0664. The van der Waals surface area contributed by atoms with E-state index in [1.165, 1.54) is 0 Å². The number of hydrogen-bond donors (Lipinski definition) is 0. The summed E-state index contributed by atoms with van der Waals surface area (Å²) >= 11 is 0. The van der Waals surface area contributed by atoms with Crippen LogP contribution in [0.5, 0.6) is 0 Å². The van der Waals surface area contributed by atoms with Crippen LogP contribution < -0.4 is 0 Å². The lowest BCUT2D eigenvalue weighted by atomic mass is 9.99. The van der Waals surface area contributed by atoms with E-state index in [4.69, 9.17) is 4.74 Å². The summed E-state index contributed by atoms with van der Waals surface area (Å²) in [5, 5.41) is 8.59. The van der Waals surface area contributed by atoms with Crippen LogP contribution in [0.1, 0.15) is 27.7 Å². The van der Waals surface area contributed by atoms with Crippen molar-refractivity contribution >= 4 is 11.6 Å². The van der Waals surface area contributed by atoms with Crippen LogP contribution in [0, 0.1) is 6.92 Å². The smallest absolute Gasteiger partial charge is 0.257 e. The monoisotopic (exact) mass is 383 g/mol. The summed E-state index contributed by atoms with van der Waals surface area (Å²) in [6.07, 6.45) is 6.95. The normalized spacial score (nSPS) is 20.2. The molecule has 9 heteroatoms. The number of hydrogen-bond acceptors (Lipinski definition) is 6. The number of ether oxygens (including phenoxy) is 1. The molecule has 28 heavy (non-hydrogen) atoms. The predicted molar refractivity (Wildman–Crippen MR) is 103 cm³/mol. The van der Waals surface area contributed by atoms with E-state index >= 15 is 0 Å². The summed E-state index contributed by atoms with van der Waals surface area (Å²) < 4.78 is 9.51. The highest BCUT2D eigenvalue weighted by Crippen LogP contribution is 2.31. The van der Waals surface area contributed by atoms with Gasteiger partial charge in [0.15, 0.2) is 5.65 Å². The summed E-state index contributed by atoms with van der Waals surface area (Å²) in [6.45, 7) is 3.61. The Hall–Kier alpha value is -2.78. The van der Waals surface area contributed by atoms with Crippen LogP contribution in [0.25, 0.3) is 5.65 Å². The minimum absolute atomic E-state index is 0.0664. The molecule has 1 amide bonds. The van der Waals surface area contributed by atoms with E-state index in [1.807, 2.05) is 51.4 Å². The van der Waals surface area contributed by atoms with Gasteiger partial charge >= 0.3 is 0 Å². The standard InChI is InChI=1S/C19H25N7O2/c1-13-15(10-20-17-5-6-21-26(13)17)19(27)25-7-8-28-16(12-23(2)3)18(25)14-9-22-24(4)11-14/h5-6,9-11,16,18H,7-8,12H2,1-4H3/t16-,18-/m0/s1. The predicted octanol–water partition coefficient (Wildman–Crippen LogP) is 0.915. The Kier molecular flexibility index (Phi) is 4.86. The van der Waals surface area contributed by atoms with Crippen LogP contribution in [-0.2, 0) is 11.8 Å². The first kappa shape index (κ1) is 18.6. The zero-order valence-electron chi connectivity index (χ0n) is 16.6. The highest BCUT2D eigenvalue weighted by Gasteiger charge is 2.38. The van der Waals surface area contributed by atoms with Gasteiger partial charge in [0.1, 0.15) is 0 Å². The summed E-state index contributed by atoms with van der Waals surface area (Å²) in [7, 11) is 5.88. The Bertz CT molecular complexity index is 993. The molecule has 2 atom stereocenters. The number of nitrogens with zero attached hydrogens (tertiary/aromatic N) is 7. The average Bonchev–Trinajstić information content (AvgIpc) is 3.30. The molecule has 0 radical (unpaired) electrons. The minimum atomic E-state index is -0.218. The molecular formula is C19H25N7O2. The van der Waals surface area contributed by atoms with Gasteiger partial charge in [-0.05, 0) is 21.0 Å². The maximum atomic E-state index is 13.6. The van der Waals surface area contributed by atoms with Crippen molar-refractivity contribution in [2.45, 2.75) is 19.1 Å². The second-order valence-electron chi connectivity index (χ2n) is 7.42. The second kappa shape index (κ2) is 7.33. The lowest BCUT2D eigenvalue weighted by molar-refractivity contribution is -0.0685. The average molecular weight is 383 g/mol. The fourth-order valence-electron chi connectivity index (χ4n) is 3.82. The Morgan fingerprint density at radius 1 is 1.32 bits per heavy atom. The molecule has 0 unspecified atom stereocenters. The van der Waals surface area contributed by atoms with E-state index in [-0.39, 0.29) is 18.1 Å². The zero-order chi connectivity index (χ0) is 19.8. The largest absolute Gasteiger partial charge is 0.373 e. The molecule has 3 aromatic heterocycles. The number of aromatic nitrogens is 5. The number of aryl methyl sites for hydroxylation is 2. The number of carbonyl (C=O) groups is 1. The van der Waals surface area contributed by atoms with E-state index in [0.29, 0.717) is 25.3 Å². The van der Waals surface area contributed by atoms with E-state index in [0.717, 1.165) is 16.9 Å². The van der Waals surface area contributed by atoms with E-state index in [9.17, 15) is 4.79 Å². The Morgan fingerprint density at radius 2 is 2.14 bits per heavy atom. The highest BCUT2D eigenvalue weighted by atomic mass is 16.5. The Morgan fingerprint density at radius 3 is 2.86 bits per heavy atom. The molecule has 4 heterocycles. The van der Waals surface area contributed by atoms with Crippen LogP contribution >= 0.6 is 0 Å². The molecule has 1 aliphatic heterocycles. The third-order valence-electron chi connectivity index (χ3n) is 5.11. The summed E-state index contributed by atoms with van der Waals surface area (Å²) in [5.41, 5.74) is 3.02. The Balaban J connectivity index is 1.73.